The number of halogens is 3. The molecule has 1 amide bonds. The molecule has 18 heavy (non-hydrogen) atoms. The molecule has 0 saturated heterocycles. The number of ether oxygens (including phenoxy) is 1. The van der Waals surface area contributed by atoms with Crippen molar-refractivity contribution in [3.8, 4) is 5.75 Å². The van der Waals surface area contributed by atoms with Crippen molar-refractivity contribution in [2.75, 3.05) is 12.4 Å². The van der Waals surface area contributed by atoms with Gasteiger partial charge in [0.25, 0.3) is 5.91 Å². The number of rotatable bonds is 6. The third kappa shape index (κ3) is 4.87. The van der Waals surface area contributed by atoms with Gasteiger partial charge in [0.1, 0.15) is 5.75 Å². The maximum atomic E-state index is 12.0. The Kier molecular flexibility index (Phi) is 5.85. The minimum Gasteiger partial charge on any atom is -0.435 e. The second-order valence-corrected chi connectivity index (χ2v) is 4.18. The normalized spacial score (nSPS) is 12.3. The largest absolute Gasteiger partial charge is 0.435 e. The van der Waals surface area contributed by atoms with Crippen molar-refractivity contribution in [1.82, 2.24) is 5.32 Å². The predicted molar refractivity (Wildman–Crippen MR) is 65.3 cm³/mol. The standard InChI is InChI=1S/C12H14ClF2NO2/c1-8(6-13)7-16-11(17)9-3-2-4-10(5-9)18-12(14)15/h2-5,8,12H,6-7H2,1H3,(H,16,17). The van der Waals surface area contributed by atoms with Gasteiger partial charge in [-0.25, -0.2) is 0 Å². The summed E-state index contributed by atoms with van der Waals surface area (Å²) in [5.41, 5.74) is 0.273. The number of benzene rings is 1. The molecular weight excluding hydrogens is 264 g/mol. The maximum absolute atomic E-state index is 12.0. The Hall–Kier alpha value is -1.36. The van der Waals surface area contributed by atoms with Crippen LogP contribution in [0.3, 0.4) is 0 Å². The van der Waals surface area contributed by atoms with E-state index in [2.05, 4.69) is 10.1 Å². The Labute approximate surface area is 109 Å². The first-order valence-corrected chi connectivity index (χ1v) is 5.95. The molecule has 3 nitrogen and oxygen atoms in total. The topological polar surface area (TPSA) is 38.3 Å². The van der Waals surface area contributed by atoms with Gasteiger partial charge in [-0.05, 0) is 24.1 Å². The predicted octanol–water partition coefficient (Wildman–Crippen LogP) is 2.89. The van der Waals surface area contributed by atoms with Crippen molar-refractivity contribution in [3.63, 3.8) is 0 Å². The van der Waals surface area contributed by atoms with Crippen LogP contribution in [-0.2, 0) is 0 Å². The summed E-state index contributed by atoms with van der Waals surface area (Å²) < 4.78 is 28.2. The highest BCUT2D eigenvalue weighted by Gasteiger charge is 2.10. The molecule has 100 valence electrons. The van der Waals surface area contributed by atoms with E-state index in [-0.39, 0.29) is 23.1 Å². The summed E-state index contributed by atoms with van der Waals surface area (Å²) in [4.78, 5) is 11.7. The summed E-state index contributed by atoms with van der Waals surface area (Å²) >= 11 is 5.61. The van der Waals surface area contributed by atoms with E-state index in [1.165, 1.54) is 24.3 Å². The second-order valence-electron chi connectivity index (χ2n) is 3.88. The van der Waals surface area contributed by atoms with Crippen LogP contribution in [0, 0.1) is 5.92 Å². The molecule has 0 aliphatic heterocycles. The van der Waals surface area contributed by atoms with Crippen LogP contribution in [0.15, 0.2) is 24.3 Å². The van der Waals surface area contributed by atoms with Crippen LogP contribution < -0.4 is 10.1 Å². The van der Waals surface area contributed by atoms with E-state index >= 15 is 0 Å². The first-order valence-electron chi connectivity index (χ1n) is 5.42. The molecule has 0 aliphatic rings. The Balaban J connectivity index is 2.62. The quantitative estimate of drug-likeness (QED) is 0.812. The molecular formula is C12H14ClF2NO2. The van der Waals surface area contributed by atoms with Gasteiger partial charge < -0.3 is 10.1 Å². The van der Waals surface area contributed by atoms with E-state index in [0.717, 1.165) is 0 Å². The van der Waals surface area contributed by atoms with Crippen LogP contribution in [0.5, 0.6) is 5.75 Å². The maximum Gasteiger partial charge on any atom is 0.387 e. The van der Waals surface area contributed by atoms with E-state index in [0.29, 0.717) is 12.4 Å². The minimum atomic E-state index is -2.90. The third-order valence-electron chi connectivity index (χ3n) is 2.20. The Morgan fingerprint density at radius 3 is 2.83 bits per heavy atom. The molecule has 6 heteroatoms. The SMILES string of the molecule is CC(CCl)CNC(=O)c1cccc(OC(F)F)c1. The number of alkyl halides is 3. The van der Waals surface area contributed by atoms with E-state index in [1.54, 1.807) is 0 Å². The first kappa shape index (κ1) is 14.7. The van der Waals surface area contributed by atoms with Crippen molar-refractivity contribution >= 4 is 17.5 Å². The Morgan fingerprint density at radius 2 is 2.22 bits per heavy atom. The lowest BCUT2D eigenvalue weighted by molar-refractivity contribution is -0.0498. The molecule has 0 spiro atoms. The fraction of sp³-hybridized carbons (Fsp3) is 0.417. The summed E-state index contributed by atoms with van der Waals surface area (Å²) in [5.74, 6) is 0.209. The number of hydrogen-bond donors (Lipinski definition) is 1. The van der Waals surface area contributed by atoms with Crippen LogP contribution in [-0.4, -0.2) is 24.9 Å². The van der Waals surface area contributed by atoms with Crippen LogP contribution in [0.25, 0.3) is 0 Å². The van der Waals surface area contributed by atoms with Gasteiger partial charge in [-0.2, -0.15) is 8.78 Å². The van der Waals surface area contributed by atoms with Crippen molar-refractivity contribution < 1.29 is 18.3 Å². The van der Waals surface area contributed by atoms with Crippen molar-refractivity contribution in [1.29, 1.82) is 0 Å². The highest BCUT2D eigenvalue weighted by atomic mass is 35.5. The number of hydrogen-bond acceptors (Lipinski definition) is 2. The van der Waals surface area contributed by atoms with Crippen LogP contribution in [0.4, 0.5) is 8.78 Å². The monoisotopic (exact) mass is 277 g/mol. The Morgan fingerprint density at radius 1 is 1.50 bits per heavy atom. The molecule has 1 aromatic rings. The van der Waals surface area contributed by atoms with Gasteiger partial charge in [-0.15, -0.1) is 11.6 Å². The van der Waals surface area contributed by atoms with Crippen LogP contribution >= 0.6 is 11.6 Å². The van der Waals surface area contributed by atoms with Gasteiger partial charge in [-0.3, -0.25) is 4.79 Å². The molecule has 0 heterocycles. The molecule has 0 aromatic heterocycles. The number of nitrogens with one attached hydrogen (secondary N) is 1. The van der Waals surface area contributed by atoms with Crippen molar-refractivity contribution in [2.24, 2.45) is 5.92 Å². The highest BCUT2D eigenvalue weighted by Crippen LogP contribution is 2.15. The molecule has 0 saturated carbocycles. The first-order chi connectivity index (χ1) is 8.52. The van der Waals surface area contributed by atoms with Crippen LogP contribution in [0.1, 0.15) is 17.3 Å². The van der Waals surface area contributed by atoms with E-state index in [1.807, 2.05) is 6.92 Å². The average molecular weight is 278 g/mol. The molecule has 0 radical (unpaired) electrons. The van der Waals surface area contributed by atoms with Gasteiger partial charge >= 0.3 is 6.61 Å². The van der Waals surface area contributed by atoms with E-state index in [4.69, 9.17) is 11.6 Å². The smallest absolute Gasteiger partial charge is 0.387 e. The molecule has 1 atom stereocenters. The van der Waals surface area contributed by atoms with Crippen LogP contribution in [0.2, 0.25) is 0 Å². The zero-order valence-corrected chi connectivity index (χ0v) is 10.6. The molecule has 1 N–H and O–H groups in total. The van der Waals surface area contributed by atoms with E-state index < -0.39 is 6.61 Å². The van der Waals surface area contributed by atoms with E-state index in [9.17, 15) is 13.6 Å². The number of carbonyl (C=O) groups is 1. The Bertz CT molecular complexity index is 401. The molecule has 1 rings (SSSR count). The molecule has 0 fully saturated rings. The number of amides is 1. The summed E-state index contributed by atoms with van der Waals surface area (Å²) in [5, 5.41) is 2.66. The molecule has 0 bridgehead atoms. The van der Waals surface area contributed by atoms with Gasteiger partial charge in [0.15, 0.2) is 0 Å². The van der Waals surface area contributed by atoms with Gasteiger partial charge in [-0.1, -0.05) is 13.0 Å². The fourth-order valence-corrected chi connectivity index (χ4v) is 1.35. The zero-order chi connectivity index (χ0) is 13.5. The molecule has 1 aromatic carbocycles. The van der Waals surface area contributed by atoms with Gasteiger partial charge in [0.2, 0.25) is 0 Å². The lowest BCUT2D eigenvalue weighted by Crippen LogP contribution is -2.28. The summed E-state index contributed by atoms with van der Waals surface area (Å²) in [6.07, 6.45) is 0. The minimum absolute atomic E-state index is 0.0389. The van der Waals surface area contributed by atoms with Gasteiger partial charge in [0, 0.05) is 18.0 Å². The highest BCUT2D eigenvalue weighted by molar-refractivity contribution is 6.18. The molecule has 0 aliphatic carbocycles. The van der Waals surface area contributed by atoms with Crippen molar-refractivity contribution in [2.45, 2.75) is 13.5 Å². The zero-order valence-electron chi connectivity index (χ0n) is 9.83. The molecule has 1 unspecified atom stereocenters. The lowest BCUT2D eigenvalue weighted by Gasteiger charge is -2.10. The average Bonchev–Trinajstić information content (AvgIpc) is 2.35. The van der Waals surface area contributed by atoms with Gasteiger partial charge in [0.05, 0.1) is 0 Å². The fourth-order valence-electron chi connectivity index (χ4n) is 1.24. The van der Waals surface area contributed by atoms with Crippen molar-refractivity contribution in [3.05, 3.63) is 29.8 Å². The summed E-state index contributed by atoms with van der Waals surface area (Å²) in [7, 11) is 0. The third-order valence-corrected chi connectivity index (χ3v) is 2.72. The lowest BCUT2D eigenvalue weighted by atomic mass is 10.2. The second kappa shape index (κ2) is 7.16. The number of carbonyl (C=O) groups excluding carboxylic acids is 1. The summed E-state index contributed by atoms with van der Waals surface area (Å²) in [6.45, 7) is -0.578. The summed E-state index contributed by atoms with van der Waals surface area (Å²) in [6, 6.07) is 5.65.